The van der Waals surface area contributed by atoms with Crippen molar-refractivity contribution < 1.29 is 19.0 Å². The fourth-order valence-electron chi connectivity index (χ4n) is 4.85. The van der Waals surface area contributed by atoms with E-state index >= 15 is 0 Å². The fourth-order valence-corrected chi connectivity index (χ4v) is 4.97. The van der Waals surface area contributed by atoms with Gasteiger partial charge in [0.2, 0.25) is 17.1 Å². The summed E-state index contributed by atoms with van der Waals surface area (Å²) in [6.45, 7) is 2.06. The van der Waals surface area contributed by atoms with Crippen LogP contribution in [0.2, 0.25) is 5.02 Å². The molecule has 1 atom stereocenters. The first-order chi connectivity index (χ1) is 17.9. The van der Waals surface area contributed by atoms with Gasteiger partial charge < -0.3 is 24.8 Å². The maximum absolute atomic E-state index is 13.3. The molecule has 0 saturated heterocycles. The summed E-state index contributed by atoms with van der Waals surface area (Å²) in [5.74, 6) is 1.40. The Morgan fingerprint density at radius 1 is 1.00 bits per heavy atom. The van der Waals surface area contributed by atoms with Gasteiger partial charge in [0.25, 0.3) is 0 Å². The van der Waals surface area contributed by atoms with E-state index in [1.54, 1.807) is 33.5 Å². The average Bonchev–Trinajstić information content (AvgIpc) is 3.13. The van der Waals surface area contributed by atoms with Gasteiger partial charge in [-0.3, -0.25) is 9.59 Å². The molecule has 1 aliphatic rings. The molecule has 0 aliphatic heterocycles. The van der Waals surface area contributed by atoms with Crippen LogP contribution in [0.5, 0.6) is 17.2 Å². The number of hydrogen-bond acceptors (Lipinski definition) is 6. The highest BCUT2D eigenvalue weighted by molar-refractivity contribution is 6.30. The molecule has 37 heavy (non-hydrogen) atoms. The molecule has 194 valence electrons. The van der Waals surface area contributed by atoms with Gasteiger partial charge in [0.1, 0.15) is 0 Å². The molecule has 0 radical (unpaired) electrons. The highest BCUT2D eigenvalue weighted by Crippen LogP contribution is 2.50. The molecular formula is C29H31ClN2O5. The molecule has 1 aliphatic carbocycles. The van der Waals surface area contributed by atoms with Gasteiger partial charge in [-0.05, 0) is 71.8 Å². The van der Waals surface area contributed by atoms with Gasteiger partial charge in [-0.25, -0.2) is 0 Å². The smallest absolute Gasteiger partial charge is 0.217 e. The van der Waals surface area contributed by atoms with Gasteiger partial charge in [0.15, 0.2) is 11.5 Å². The van der Waals surface area contributed by atoms with Crippen molar-refractivity contribution in [3.8, 4) is 28.4 Å². The summed E-state index contributed by atoms with van der Waals surface area (Å²) in [4.78, 5) is 25.4. The van der Waals surface area contributed by atoms with Crippen LogP contribution in [0.4, 0.5) is 5.69 Å². The quantitative estimate of drug-likeness (QED) is 0.424. The van der Waals surface area contributed by atoms with Crippen LogP contribution >= 0.6 is 11.6 Å². The van der Waals surface area contributed by atoms with Gasteiger partial charge >= 0.3 is 0 Å². The van der Waals surface area contributed by atoms with Gasteiger partial charge in [0.05, 0.1) is 33.1 Å². The Balaban J connectivity index is 1.81. The minimum absolute atomic E-state index is 0.157. The third-order valence-electron chi connectivity index (χ3n) is 6.56. The number of benzene rings is 2. The van der Waals surface area contributed by atoms with Gasteiger partial charge in [-0.2, -0.15) is 0 Å². The number of amides is 1. The molecule has 3 aromatic carbocycles. The zero-order valence-electron chi connectivity index (χ0n) is 21.4. The average molecular weight is 523 g/mol. The number of aryl methyl sites for hydroxylation is 1. The molecule has 0 aromatic heterocycles. The summed E-state index contributed by atoms with van der Waals surface area (Å²) in [5, 5.41) is 6.99. The Morgan fingerprint density at radius 2 is 1.73 bits per heavy atom. The summed E-state index contributed by atoms with van der Waals surface area (Å²) >= 11 is 5.98. The summed E-state index contributed by atoms with van der Waals surface area (Å²) < 4.78 is 17.0. The van der Waals surface area contributed by atoms with E-state index in [2.05, 4.69) is 10.6 Å². The molecular weight excluding hydrogens is 492 g/mol. The van der Waals surface area contributed by atoms with Crippen LogP contribution in [-0.2, 0) is 17.6 Å². The largest absolute Gasteiger partial charge is 0.493 e. The van der Waals surface area contributed by atoms with Crippen LogP contribution < -0.4 is 30.3 Å². The minimum Gasteiger partial charge on any atom is -0.493 e. The summed E-state index contributed by atoms with van der Waals surface area (Å²) in [6, 6.07) is 14.6. The van der Waals surface area contributed by atoms with E-state index in [1.165, 1.54) is 6.92 Å². The number of anilines is 1. The van der Waals surface area contributed by atoms with Crippen LogP contribution in [0.1, 0.15) is 36.1 Å². The molecule has 1 amide bonds. The molecule has 0 spiro atoms. The van der Waals surface area contributed by atoms with E-state index in [0.29, 0.717) is 47.3 Å². The second-order valence-electron chi connectivity index (χ2n) is 8.90. The summed E-state index contributed by atoms with van der Waals surface area (Å²) in [6.07, 6.45) is 1.99. The number of methoxy groups -OCH3 is 3. The lowest BCUT2D eigenvalue weighted by atomic mass is 9.95. The van der Waals surface area contributed by atoms with Crippen LogP contribution in [0.3, 0.4) is 0 Å². The van der Waals surface area contributed by atoms with Crippen molar-refractivity contribution in [2.45, 2.75) is 32.2 Å². The monoisotopic (exact) mass is 522 g/mol. The van der Waals surface area contributed by atoms with Crippen molar-refractivity contribution in [1.29, 1.82) is 0 Å². The zero-order valence-corrected chi connectivity index (χ0v) is 22.2. The standard InChI is InChI=1S/C29H31ClN2O5/c1-17(33)32-23-11-7-19-15-26(35-2)28(36-3)29(37-4)27(19)21-10-12-24(25(34)16-22(21)23)31-14-13-18-5-8-20(30)9-6-18/h5-6,8-10,12,15-16,23H,7,11,13-14H2,1-4H3,(H,31,34)(H,32,33)/t23-/m0/s1. The highest BCUT2D eigenvalue weighted by atomic mass is 35.5. The summed E-state index contributed by atoms with van der Waals surface area (Å²) in [7, 11) is 4.73. The minimum atomic E-state index is -0.344. The molecule has 0 saturated carbocycles. The van der Waals surface area contributed by atoms with Crippen molar-refractivity contribution >= 4 is 23.2 Å². The van der Waals surface area contributed by atoms with Crippen LogP contribution in [0.25, 0.3) is 11.1 Å². The van der Waals surface area contributed by atoms with E-state index in [9.17, 15) is 9.59 Å². The van der Waals surface area contributed by atoms with Gasteiger partial charge in [0, 0.05) is 24.1 Å². The second kappa shape index (κ2) is 11.6. The number of hydrogen-bond donors (Lipinski definition) is 2. The number of halogens is 1. The van der Waals surface area contributed by atoms with Gasteiger partial charge in [-0.1, -0.05) is 29.8 Å². The lowest BCUT2D eigenvalue weighted by molar-refractivity contribution is -0.119. The van der Waals surface area contributed by atoms with Crippen molar-refractivity contribution in [2.75, 3.05) is 33.2 Å². The third kappa shape index (κ3) is 5.67. The number of carbonyl (C=O) groups is 1. The lowest BCUT2D eigenvalue weighted by Crippen LogP contribution is -2.26. The molecule has 4 rings (SSSR count). The summed E-state index contributed by atoms with van der Waals surface area (Å²) in [5.41, 5.74) is 4.78. The van der Waals surface area contributed by atoms with Crippen molar-refractivity contribution in [3.05, 3.63) is 80.5 Å². The van der Waals surface area contributed by atoms with Crippen LogP contribution in [-0.4, -0.2) is 33.8 Å². The molecule has 7 nitrogen and oxygen atoms in total. The second-order valence-corrected chi connectivity index (χ2v) is 9.34. The van der Waals surface area contributed by atoms with E-state index in [0.717, 1.165) is 34.2 Å². The Labute approximate surface area is 221 Å². The lowest BCUT2D eigenvalue weighted by Gasteiger charge is -2.19. The molecule has 0 fully saturated rings. The zero-order chi connectivity index (χ0) is 26.5. The van der Waals surface area contributed by atoms with E-state index in [1.807, 2.05) is 36.4 Å². The topological polar surface area (TPSA) is 85.9 Å². The molecule has 0 heterocycles. The predicted molar refractivity (Wildman–Crippen MR) is 146 cm³/mol. The highest BCUT2D eigenvalue weighted by Gasteiger charge is 2.29. The van der Waals surface area contributed by atoms with E-state index in [4.69, 9.17) is 25.8 Å². The van der Waals surface area contributed by atoms with Crippen molar-refractivity contribution in [2.24, 2.45) is 0 Å². The Kier molecular flexibility index (Phi) is 8.24. The van der Waals surface area contributed by atoms with Crippen LogP contribution in [0.15, 0.2) is 53.3 Å². The predicted octanol–water partition coefficient (Wildman–Crippen LogP) is 5.17. The number of ether oxygens (including phenoxy) is 3. The molecule has 2 N–H and O–H groups in total. The van der Waals surface area contributed by atoms with E-state index in [-0.39, 0.29) is 17.4 Å². The molecule has 0 unspecified atom stereocenters. The normalized spacial score (nSPS) is 14.0. The van der Waals surface area contributed by atoms with Crippen LogP contribution in [0, 0.1) is 0 Å². The molecule has 3 aromatic rings. The Bertz CT molecular complexity index is 1360. The fraction of sp³-hybridized carbons (Fsp3) is 0.310. The van der Waals surface area contributed by atoms with Crippen molar-refractivity contribution in [1.82, 2.24) is 5.32 Å². The van der Waals surface area contributed by atoms with Gasteiger partial charge in [-0.15, -0.1) is 0 Å². The Hall–Kier alpha value is -3.71. The first-order valence-corrected chi connectivity index (χ1v) is 12.5. The molecule has 8 heteroatoms. The number of carbonyl (C=O) groups excluding carboxylic acids is 1. The Morgan fingerprint density at radius 3 is 2.38 bits per heavy atom. The van der Waals surface area contributed by atoms with Crippen molar-refractivity contribution in [3.63, 3.8) is 0 Å². The number of rotatable bonds is 8. The first kappa shape index (κ1) is 26.4. The maximum atomic E-state index is 13.3. The maximum Gasteiger partial charge on any atom is 0.217 e. The number of nitrogens with one attached hydrogen (secondary N) is 2. The van der Waals surface area contributed by atoms with E-state index < -0.39 is 0 Å². The third-order valence-corrected chi connectivity index (χ3v) is 6.81. The number of fused-ring (bicyclic) bond motifs is 3. The molecule has 0 bridgehead atoms. The SMILES string of the molecule is COc1cc2c(c(OC)c1OC)-c1ccc(NCCc3ccc(Cl)cc3)c(=O)cc1[C@@H](NC(C)=O)CC2. The first-order valence-electron chi connectivity index (χ1n) is 12.1.